The van der Waals surface area contributed by atoms with Crippen LogP contribution < -0.4 is 14.8 Å². The number of hydrogen-bond donors (Lipinski definition) is 1. The normalized spacial score (nSPS) is 11.6. The van der Waals surface area contributed by atoms with E-state index in [0.29, 0.717) is 0 Å². The SMILES string of the molecule is Cc1cccc(OC(C)CNc2ccc(OCCCc3ccccc3)cc2)c1. The Labute approximate surface area is 168 Å². The van der Waals surface area contributed by atoms with Gasteiger partial charge in [-0.1, -0.05) is 42.5 Å². The molecule has 3 heteroatoms. The number of nitrogens with one attached hydrogen (secondary N) is 1. The molecule has 0 heterocycles. The lowest BCUT2D eigenvalue weighted by Crippen LogP contribution is -2.22. The van der Waals surface area contributed by atoms with Gasteiger partial charge in [0.15, 0.2) is 0 Å². The molecular weight excluding hydrogens is 346 g/mol. The molecule has 1 atom stereocenters. The number of aryl methyl sites for hydroxylation is 2. The van der Waals surface area contributed by atoms with Gasteiger partial charge in [0.25, 0.3) is 0 Å². The highest BCUT2D eigenvalue weighted by atomic mass is 16.5. The van der Waals surface area contributed by atoms with Gasteiger partial charge in [0, 0.05) is 5.69 Å². The number of benzene rings is 3. The molecule has 1 unspecified atom stereocenters. The van der Waals surface area contributed by atoms with Crippen LogP contribution in [0.2, 0.25) is 0 Å². The highest BCUT2D eigenvalue weighted by Crippen LogP contribution is 2.17. The second-order valence-corrected chi connectivity index (χ2v) is 7.09. The van der Waals surface area contributed by atoms with Crippen LogP contribution in [0.3, 0.4) is 0 Å². The minimum Gasteiger partial charge on any atom is -0.494 e. The zero-order valence-corrected chi connectivity index (χ0v) is 16.7. The van der Waals surface area contributed by atoms with E-state index in [1.165, 1.54) is 11.1 Å². The average Bonchev–Trinajstić information content (AvgIpc) is 2.71. The molecule has 0 fully saturated rings. The summed E-state index contributed by atoms with van der Waals surface area (Å²) in [6, 6.07) is 26.8. The molecule has 146 valence electrons. The quantitative estimate of drug-likeness (QED) is 0.448. The lowest BCUT2D eigenvalue weighted by molar-refractivity contribution is 0.234. The van der Waals surface area contributed by atoms with Gasteiger partial charge >= 0.3 is 0 Å². The Balaban J connectivity index is 1.36. The fourth-order valence-corrected chi connectivity index (χ4v) is 3.00. The second kappa shape index (κ2) is 10.4. The summed E-state index contributed by atoms with van der Waals surface area (Å²) in [6.45, 7) is 5.61. The highest BCUT2D eigenvalue weighted by molar-refractivity contribution is 5.46. The first-order chi connectivity index (χ1) is 13.7. The summed E-state index contributed by atoms with van der Waals surface area (Å²) in [6.07, 6.45) is 2.13. The zero-order valence-electron chi connectivity index (χ0n) is 16.7. The molecule has 28 heavy (non-hydrogen) atoms. The Bertz CT molecular complexity index is 831. The molecule has 1 N–H and O–H groups in total. The van der Waals surface area contributed by atoms with Gasteiger partial charge in [0.05, 0.1) is 13.2 Å². The summed E-state index contributed by atoms with van der Waals surface area (Å²) >= 11 is 0. The maximum atomic E-state index is 5.96. The van der Waals surface area contributed by atoms with E-state index in [9.17, 15) is 0 Å². The van der Waals surface area contributed by atoms with Crippen molar-refractivity contribution in [3.8, 4) is 11.5 Å². The lowest BCUT2D eigenvalue weighted by Gasteiger charge is -2.16. The van der Waals surface area contributed by atoms with Crippen molar-refractivity contribution >= 4 is 5.69 Å². The summed E-state index contributed by atoms with van der Waals surface area (Å²) in [7, 11) is 0. The van der Waals surface area contributed by atoms with Crippen LogP contribution in [0.25, 0.3) is 0 Å². The topological polar surface area (TPSA) is 30.5 Å². The van der Waals surface area contributed by atoms with E-state index in [-0.39, 0.29) is 6.10 Å². The van der Waals surface area contributed by atoms with Gasteiger partial charge in [-0.2, -0.15) is 0 Å². The minimum absolute atomic E-state index is 0.0794. The predicted molar refractivity (Wildman–Crippen MR) is 116 cm³/mol. The van der Waals surface area contributed by atoms with Crippen molar-refractivity contribution in [3.05, 3.63) is 90.0 Å². The zero-order chi connectivity index (χ0) is 19.6. The molecule has 0 radical (unpaired) electrons. The summed E-state index contributed by atoms with van der Waals surface area (Å²) < 4.78 is 11.8. The summed E-state index contributed by atoms with van der Waals surface area (Å²) in [4.78, 5) is 0. The van der Waals surface area contributed by atoms with E-state index in [4.69, 9.17) is 9.47 Å². The van der Waals surface area contributed by atoms with Crippen LogP contribution >= 0.6 is 0 Å². The van der Waals surface area contributed by atoms with E-state index < -0.39 is 0 Å². The molecule has 3 nitrogen and oxygen atoms in total. The number of anilines is 1. The van der Waals surface area contributed by atoms with Crippen molar-refractivity contribution in [1.82, 2.24) is 0 Å². The van der Waals surface area contributed by atoms with Crippen molar-refractivity contribution in [1.29, 1.82) is 0 Å². The highest BCUT2D eigenvalue weighted by Gasteiger charge is 2.04. The van der Waals surface area contributed by atoms with Gasteiger partial charge in [0.1, 0.15) is 17.6 Å². The molecule has 0 aromatic heterocycles. The first-order valence-electron chi connectivity index (χ1n) is 9.93. The van der Waals surface area contributed by atoms with Gasteiger partial charge < -0.3 is 14.8 Å². The van der Waals surface area contributed by atoms with Crippen molar-refractivity contribution in [2.75, 3.05) is 18.5 Å². The Morgan fingerprint density at radius 2 is 1.64 bits per heavy atom. The fourth-order valence-electron chi connectivity index (χ4n) is 3.00. The van der Waals surface area contributed by atoms with Gasteiger partial charge in [-0.15, -0.1) is 0 Å². The Hall–Kier alpha value is -2.94. The van der Waals surface area contributed by atoms with Crippen molar-refractivity contribution in [2.45, 2.75) is 32.8 Å². The van der Waals surface area contributed by atoms with Crippen LogP contribution in [0.15, 0.2) is 78.9 Å². The third-order valence-electron chi connectivity index (χ3n) is 4.50. The number of rotatable bonds is 10. The molecule has 0 spiro atoms. The van der Waals surface area contributed by atoms with E-state index >= 15 is 0 Å². The molecule has 0 aliphatic rings. The molecule has 0 aliphatic heterocycles. The van der Waals surface area contributed by atoms with Crippen LogP contribution in [0, 0.1) is 6.92 Å². The fraction of sp³-hybridized carbons (Fsp3) is 0.280. The number of hydrogen-bond acceptors (Lipinski definition) is 3. The molecule has 3 aromatic rings. The van der Waals surface area contributed by atoms with E-state index in [0.717, 1.165) is 43.2 Å². The Morgan fingerprint density at radius 1 is 0.857 bits per heavy atom. The van der Waals surface area contributed by atoms with Crippen molar-refractivity contribution in [3.63, 3.8) is 0 Å². The van der Waals surface area contributed by atoms with Crippen LogP contribution in [0.5, 0.6) is 11.5 Å². The summed E-state index contributed by atoms with van der Waals surface area (Å²) in [5.41, 5.74) is 3.63. The third-order valence-corrected chi connectivity index (χ3v) is 4.50. The first kappa shape index (κ1) is 19.8. The molecule has 0 amide bonds. The summed E-state index contributed by atoms with van der Waals surface area (Å²) in [5.74, 6) is 1.82. The molecule has 0 saturated heterocycles. The van der Waals surface area contributed by atoms with Crippen LogP contribution in [-0.2, 0) is 6.42 Å². The second-order valence-electron chi connectivity index (χ2n) is 7.09. The molecule has 0 bridgehead atoms. The van der Waals surface area contributed by atoms with Crippen molar-refractivity contribution in [2.24, 2.45) is 0 Å². The first-order valence-corrected chi connectivity index (χ1v) is 9.93. The molecule has 0 saturated carbocycles. The molecular formula is C25H29NO2. The van der Waals surface area contributed by atoms with E-state index in [2.05, 4.69) is 55.6 Å². The largest absolute Gasteiger partial charge is 0.494 e. The van der Waals surface area contributed by atoms with Crippen LogP contribution in [0.1, 0.15) is 24.5 Å². The maximum Gasteiger partial charge on any atom is 0.120 e. The molecule has 3 aromatic carbocycles. The summed E-state index contributed by atoms with van der Waals surface area (Å²) in [5, 5.41) is 3.41. The predicted octanol–water partition coefficient (Wildman–Crippen LogP) is 5.89. The number of ether oxygens (including phenoxy) is 2. The Morgan fingerprint density at radius 3 is 2.39 bits per heavy atom. The van der Waals surface area contributed by atoms with Crippen molar-refractivity contribution < 1.29 is 9.47 Å². The third kappa shape index (κ3) is 6.66. The van der Waals surface area contributed by atoms with Gasteiger partial charge in [-0.05, 0) is 74.2 Å². The van der Waals surface area contributed by atoms with E-state index in [1.807, 2.05) is 42.5 Å². The van der Waals surface area contributed by atoms with Gasteiger partial charge in [-0.3, -0.25) is 0 Å². The average molecular weight is 376 g/mol. The lowest BCUT2D eigenvalue weighted by atomic mass is 10.1. The Kier molecular flexibility index (Phi) is 7.36. The molecule has 3 rings (SSSR count). The van der Waals surface area contributed by atoms with Gasteiger partial charge in [0.2, 0.25) is 0 Å². The monoisotopic (exact) mass is 375 g/mol. The standard InChI is InChI=1S/C25H29NO2/c1-20-8-6-12-25(18-20)28-21(2)19-26-23-13-15-24(16-14-23)27-17-7-11-22-9-4-3-5-10-22/h3-6,8-10,12-16,18,21,26H,7,11,17,19H2,1-2H3. The van der Waals surface area contributed by atoms with Gasteiger partial charge in [-0.25, -0.2) is 0 Å². The van der Waals surface area contributed by atoms with E-state index in [1.54, 1.807) is 0 Å². The van der Waals surface area contributed by atoms with Crippen LogP contribution in [-0.4, -0.2) is 19.3 Å². The smallest absolute Gasteiger partial charge is 0.120 e. The maximum absolute atomic E-state index is 5.96. The minimum atomic E-state index is 0.0794. The van der Waals surface area contributed by atoms with Crippen LogP contribution in [0.4, 0.5) is 5.69 Å². The molecule has 0 aliphatic carbocycles.